The van der Waals surface area contributed by atoms with Gasteiger partial charge in [0.25, 0.3) is 5.69 Å². The quantitative estimate of drug-likeness (QED) is 0.409. The third kappa shape index (κ3) is 4.20. The monoisotopic (exact) mass is 431 g/mol. The summed E-state index contributed by atoms with van der Waals surface area (Å²) in [6, 6.07) is 9.25. The minimum Gasteiger partial charge on any atom is -0.497 e. The average molecular weight is 432 g/mol. The summed E-state index contributed by atoms with van der Waals surface area (Å²) >= 11 is 5.90. The fraction of sp³-hybridized carbons (Fsp3) is 0.200. The highest BCUT2D eigenvalue weighted by molar-refractivity contribution is 6.32. The van der Waals surface area contributed by atoms with Gasteiger partial charge in [-0.2, -0.15) is 0 Å². The van der Waals surface area contributed by atoms with Crippen molar-refractivity contribution >= 4 is 35.0 Å². The molecule has 156 valence electrons. The molecule has 0 bridgehead atoms. The Morgan fingerprint density at radius 3 is 2.53 bits per heavy atom. The predicted molar refractivity (Wildman–Crippen MR) is 109 cm³/mol. The molecule has 0 spiro atoms. The van der Waals surface area contributed by atoms with Crippen LogP contribution < -0.4 is 15.4 Å². The van der Waals surface area contributed by atoms with E-state index in [2.05, 4.69) is 10.6 Å². The number of nitro benzene ring substituents is 1. The van der Waals surface area contributed by atoms with Crippen LogP contribution >= 0.6 is 11.6 Å². The van der Waals surface area contributed by atoms with Gasteiger partial charge in [0.2, 0.25) is 0 Å². The van der Waals surface area contributed by atoms with E-state index in [-0.39, 0.29) is 28.6 Å². The summed E-state index contributed by atoms with van der Waals surface area (Å²) in [7, 11) is 1.52. The van der Waals surface area contributed by atoms with Crippen molar-refractivity contribution in [2.24, 2.45) is 0 Å². The molecule has 1 heterocycles. The lowest BCUT2D eigenvalue weighted by Crippen LogP contribution is -2.45. The van der Waals surface area contributed by atoms with Crippen LogP contribution in [-0.2, 0) is 9.53 Å². The second-order valence-electron chi connectivity index (χ2n) is 6.24. The van der Waals surface area contributed by atoms with Crippen LogP contribution in [0.1, 0.15) is 24.1 Å². The first-order valence-corrected chi connectivity index (χ1v) is 9.30. The normalized spacial score (nSPS) is 15.8. The van der Waals surface area contributed by atoms with Gasteiger partial charge in [-0.25, -0.2) is 9.59 Å². The van der Waals surface area contributed by atoms with Crippen molar-refractivity contribution in [3.63, 3.8) is 0 Å². The number of hydrogen-bond acceptors (Lipinski definition) is 6. The number of carbonyl (C=O) groups is 2. The molecule has 3 rings (SSSR count). The summed E-state index contributed by atoms with van der Waals surface area (Å²) in [6.45, 7) is 1.77. The van der Waals surface area contributed by atoms with Gasteiger partial charge in [-0.1, -0.05) is 17.7 Å². The number of nitrogens with zero attached hydrogens (tertiary/aromatic N) is 1. The smallest absolute Gasteiger partial charge is 0.338 e. The number of methoxy groups -OCH3 is 1. The highest BCUT2D eigenvalue weighted by atomic mass is 35.5. The molecule has 0 fully saturated rings. The van der Waals surface area contributed by atoms with Crippen molar-refractivity contribution < 1.29 is 24.0 Å². The molecule has 9 nitrogen and oxygen atoms in total. The van der Waals surface area contributed by atoms with Crippen LogP contribution in [0.5, 0.6) is 5.75 Å². The summed E-state index contributed by atoms with van der Waals surface area (Å²) in [5.74, 6) is -0.0689. The van der Waals surface area contributed by atoms with Gasteiger partial charge in [-0.15, -0.1) is 0 Å². The van der Waals surface area contributed by atoms with E-state index < -0.39 is 23.0 Å². The highest BCUT2D eigenvalue weighted by Gasteiger charge is 2.35. The zero-order valence-electron chi connectivity index (χ0n) is 16.1. The minimum atomic E-state index is -0.981. The van der Waals surface area contributed by atoms with Crippen molar-refractivity contribution in [1.82, 2.24) is 10.6 Å². The zero-order chi connectivity index (χ0) is 21.8. The number of urea groups is 1. The van der Waals surface area contributed by atoms with Crippen LogP contribution in [0, 0.1) is 10.1 Å². The molecule has 0 saturated carbocycles. The largest absolute Gasteiger partial charge is 0.497 e. The molecular weight excluding hydrogens is 414 g/mol. The maximum Gasteiger partial charge on any atom is 0.338 e. The second-order valence-corrected chi connectivity index (χ2v) is 6.64. The van der Waals surface area contributed by atoms with E-state index in [1.165, 1.54) is 25.3 Å². The van der Waals surface area contributed by atoms with Crippen LogP contribution in [0.25, 0.3) is 5.70 Å². The summed E-state index contributed by atoms with van der Waals surface area (Å²) < 4.78 is 10.3. The van der Waals surface area contributed by atoms with E-state index in [0.717, 1.165) is 0 Å². The highest BCUT2D eigenvalue weighted by Crippen LogP contribution is 2.35. The SMILES string of the molecule is CCOC(=O)C1=C(c2ccc(OC)cc2)NC(=O)NC1c1ccc(Cl)c([N+](=O)[O-])c1. The van der Waals surface area contributed by atoms with Crippen molar-refractivity contribution in [1.29, 1.82) is 0 Å². The molecule has 30 heavy (non-hydrogen) atoms. The molecule has 1 unspecified atom stereocenters. The molecule has 0 aromatic heterocycles. The van der Waals surface area contributed by atoms with Crippen LogP contribution in [0.4, 0.5) is 10.5 Å². The van der Waals surface area contributed by atoms with Gasteiger partial charge in [0.05, 0.1) is 36.0 Å². The standard InChI is InChI=1S/C20H18ClN3O6/c1-3-30-19(25)16-17(11-4-7-13(29-2)8-5-11)22-20(26)23-18(16)12-6-9-14(21)15(10-12)24(27)28/h4-10,18H,3H2,1-2H3,(H2,22,23,26). The Morgan fingerprint density at radius 1 is 1.23 bits per heavy atom. The maximum absolute atomic E-state index is 12.8. The van der Waals surface area contributed by atoms with Gasteiger partial charge in [-0.05, 0) is 48.4 Å². The number of halogens is 1. The Bertz CT molecular complexity index is 1040. The van der Waals surface area contributed by atoms with Gasteiger partial charge in [0.15, 0.2) is 0 Å². The molecular formula is C20H18ClN3O6. The molecule has 1 atom stereocenters. The molecule has 0 aliphatic carbocycles. The van der Waals surface area contributed by atoms with Crippen molar-refractivity contribution in [3.8, 4) is 5.75 Å². The maximum atomic E-state index is 12.8. The molecule has 0 radical (unpaired) electrons. The van der Waals surface area contributed by atoms with Gasteiger partial charge in [-0.3, -0.25) is 10.1 Å². The van der Waals surface area contributed by atoms with E-state index in [1.54, 1.807) is 31.2 Å². The first kappa shape index (κ1) is 21.1. The Balaban J connectivity index is 2.19. The van der Waals surface area contributed by atoms with E-state index >= 15 is 0 Å². The molecule has 2 N–H and O–H groups in total. The number of amides is 2. The first-order chi connectivity index (χ1) is 14.3. The second kappa shape index (κ2) is 8.83. The number of benzene rings is 2. The molecule has 2 aromatic rings. The first-order valence-electron chi connectivity index (χ1n) is 8.92. The number of nitrogens with one attached hydrogen (secondary N) is 2. The van der Waals surface area contributed by atoms with Crippen molar-refractivity contribution in [3.05, 3.63) is 74.3 Å². The molecule has 10 heteroatoms. The van der Waals surface area contributed by atoms with E-state index in [4.69, 9.17) is 21.1 Å². The lowest BCUT2D eigenvalue weighted by molar-refractivity contribution is -0.384. The van der Waals surface area contributed by atoms with Crippen LogP contribution in [0.15, 0.2) is 48.0 Å². The molecule has 1 aliphatic heterocycles. The van der Waals surface area contributed by atoms with E-state index in [1.807, 2.05) is 0 Å². The minimum absolute atomic E-state index is 0.0546. The fourth-order valence-electron chi connectivity index (χ4n) is 3.08. The zero-order valence-corrected chi connectivity index (χ0v) is 16.9. The third-order valence-corrected chi connectivity index (χ3v) is 4.77. The Hall–Kier alpha value is -3.59. The summed E-state index contributed by atoms with van der Waals surface area (Å²) in [5.41, 5.74) is 0.869. The molecule has 0 saturated heterocycles. The Morgan fingerprint density at radius 2 is 1.93 bits per heavy atom. The average Bonchev–Trinajstić information content (AvgIpc) is 2.73. The predicted octanol–water partition coefficient (Wildman–Crippen LogP) is 3.59. The molecule has 2 aromatic carbocycles. The summed E-state index contributed by atoms with van der Waals surface area (Å²) in [4.78, 5) is 35.9. The van der Waals surface area contributed by atoms with E-state index in [0.29, 0.717) is 16.9 Å². The number of hydrogen-bond donors (Lipinski definition) is 2. The van der Waals surface area contributed by atoms with Gasteiger partial charge < -0.3 is 20.1 Å². The number of ether oxygens (including phenoxy) is 2. The molecule has 2 amide bonds. The fourth-order valence-corrected chi connectivity index (χ4v) is 3.26. The van der Waals surface area contributed by atoms with Crippen LogP contribution in [-0.4, -0.2) is 30.6 Å². The van der Waals surface area contributed by atoms with Gasteiger partial charge >= 0.3 is 12.0 Å². The number of nitro groups is 1. The number of rotatable bonds is 6. The topological polar surface area (TPSA) is 120 Å². The lowest BCUT2D eigenvalue weighted by Gasteiger charge is -2.29. The van der Waals surface area contributed by atoms with Gasteiger partial charge in [0.1, 0.15) is 10.8 Å². The molecule has 1 aliphatic rings. The lowest BCUT2D eigenvalue weighted by atomic mass is 9.92. The van der Waals surface area contributed by atoms with Crippen LogP contribution in [0.2, 0.25) is 5.02 Å². The summed E-state index contributed by atoms with van der Waals surface area (Å²) in [6.07, 6.45) is 0. The number of carbonyl (C=O) groups excluding carboxylic acids is 2. The van der Waals surface area contributed by atoms with Crippen LogP contribution in [0.3, 0.4) is 0 Å². The summed E-state index contributed by atoms with van der Waals surface area (Å²) in [5, 5.41) is 16.5. The number of esters is 1. The third-order valence-electron chi connectivity index (χ3n) is 4.45. The van der Waals surface area contributed by atoms with Gasteiger partial charge in [0, 0.05) is 6.07 Å². The Labute approximate surface area is 176 Å². The van der Waals surface area contributed by atoms with Crippen molar-refractivity contribution in [2.75, 3.05) is 13.7 Å². The van der Waals surface area contributed by atoms with E-state index in [9.17, 15) is 19.7 Å². The van der Waals surface area contributed by atoms with Crippen molar-refractivity contribution in [2.45, 2.75) is 13.0 Å². The Kier molecular flexibility index (Phi) is 6.22.